The summed E-state index contributed by atoms with van der Waals surface area (Å²) < 4.78 is 0. The van der Waals surface area contributed by atoms with Crippen LogP contribution in [0.25, 0.3) is 0 Å². The molecule has 2 aromatic rings. The molecule has 0 spiro atoms. The van der Waals surface area contributed by atoms with Crippen molar-refractivity contribution >= 4 is 5.95 Å². The summed E-state index contributed by atoms with van der Waals surface area (Å²) in [6, 6.07) is 9.31. The van der Waals surface area contributed by atoms with E-state index >= 15 is 0 Å². The number of rotatable bonds is 3. The third kappa shape index (κ3) is 3.09. The van der Waals surface area contributed by atoms with Crippen molar-refractivity contribution in [3.05, 3.63) is 53.3 Å². The van der Waals surface area contributed by atoms with Gasteiger partial charge in [0.1, 0.15) is 0 Å². The van der Waals surface area contributed by atoms with Crippen LogP contribution in [0.2, 0.25) is 0 Å². The summed E-state index contributed by atoms with van der Waals surface area (Å²) in [6.45, 7) is 7.88. The average Bonchev–Trinajstić information content (AvgIpc) is 2.69. The van der Waals surface area contributed by atoms with Gasteiger partial charge in [0.15, 0.2) is 0 Å². The van der Waals surface area contributed by atoms with Gasteiger partial charge in [0, 0.05) is 63.7 Å². The average molecular weight is 352 g/mol. The Kier molecular flexibility index (Phi) is 4.89. The van der Waals surface area contributed by atoms with Crippen molar-refractivity contribution in [1.82, 2.24) is 19.8 Å². The van der Waals surface area contributed by atoms with Crippen molar-refractivity contribution < 1.29 is 0 Å². The minimum Gasteiger partial charge on any atom is -0.338 e. The van der Waals surface area contributed by atoms with Crippen LogP contribution in [0.15, 0.2) is 36.7 Å². The molecule has 6 nitrogen and oxygen atoms in total. The predicted octanol–water partition coefficient (Wildman–Crippen LogP) is 1.59. The van der Waals surface area contributed by atoms with Crippen LogP contribution >= 0.6 is 0 Å². The lowest BCUT2D eigenvalue weighted by atomic mass is 9.85. The van der Waals surface area contributed by atoms with Crippen LogP contribution in [0.3, 0.4) is 0 Å². The van der Waals surface area contributed by atoms with E-state index in [0.717, 1.165) is 38.7 Å². The second-order valence-corrected chi connectivity index (χ2v) is 7.36. The number of nitrogens with two attached hydrogens (primary N) is 1. The number of aryl methyl sites for hydroxylation is 1. The molecule has 26 heavy (non-hydrogen) atoms. The largest absolute Gasteiger partial charge is 0.338 e. The normalized spacial score (nSPS) is 24.5. The molecule has 0 bridgehead atoms. The van der Waals surface area contributed by atoms with Crippen LogP contribution in [0.1, 0.15) is 28.8 Å². The lowest BCUT2D eigenvalue weighted by molar-refractivity contribution is 0.106. The molecule has 0 radical (unpaired) electrons. The third-order valence-electron chi connectivity index (χ3n) is 5.86. The molecular weight excluding hydrogens is 324 g/mol. The number of hydrogen-bond acceptors (Lipinski definition) is 6. The molecule has 1 saturated heterocycles. The molecule has 4 rings (SSSR count). The van der Waals surface area contributed by atoms with E-state index in [1.54, 1.807) is 0 Å². The molecule has 2 atom stereocenters. The molecule has 6 heteroatoms. The monoisotopic (exact) mass is 352 g/mol. The fourth-order valence-electron chi connectivity index (χ4n) is 4.47. The Morgan fingerprint density at radius 2 is 1.81 bits per heavy atom. The van der Waals surface area contributed by atoms with Crippen molar-refractivity contribution in [3.63, 3.8) is 0 Å². The Morgan fingerprint density at radius 3 is 2.50 bits per heavy atom. The smallest absolute Gasteiger partial charge is 0.225 e. The first-order valence-electron chi connectivity index (χ1n) is 9.44. The first kappa shape index (κ1) is 17.4. The molecule has 2 aliphatic heterocycles. The molecular formula is C20H28N6. The molecule has 3 heterocycles. The molecule has 0 amide bonds. The molecule has 2 unspecified atom stereocenters. The number of fused-ring (bicyclic) bond motifs is 1. The van der Waals surface area contributed by atoms with Gasteiger partial charge in [-0.3, -0.25) is 9.80 Å². The highest BCUT2D eigenvalue weighted by Gasteiger charge is 2.35. The maximum Gasteiger partial charge on any atom is 0.225 e. The molecule has 138 valence electrons. The highest BCUT2D eigenvalue weighted by molar-refractivity contribution is 5.41. The fourth-order valence-corrected chi connectivity index (χ4v) is 4.47. The number of anilines is 1. The molecule has 1 aromatic heterocycles. The summed E-state index contributed by atoms with van der Waals surface area (Å²) in [5.41, 5.74) is 10.4. The van der Waals surface area contributed by atoms with Crippen molar-refractivity contribution in [2.75, 3.05) is 51.2 Å². The summed E-state index contributed by atoms with van der Waals surface area (Å²) in [5, 5.41) is 0. The summed E-state index contributed by atoms with van der Waals surface area (Å²) in [5.74, 6) is 0.840. The van der Waals surface area contributed by atoms with E-state index in [4.69, 9.17) is 5.73 Å². The quantitative estimate of drug-likeness (QED) is 0.905. The maximum absolute atomic E-state index is 6.11. The van der Waals surface area contributed by atoms with Crippen molar-refractivity contribution in [3.8, 4) is 0 Å². The van der Waals surface area contributed by atoms with E-state index in [1.165, 1.54) is 16.7 Å². The van der Waals surface area contributed by atoms with Gasteiger partial charge in [0.05, 0.1) is 0 Å². The number of likely N-dealkylation sites (N-methyl/N-ethyl adjacent to an activating group) is 1. The highest BCUT2D eigenvalue weighted by Crippen LogP contribution is 2.38. The van der Waals surface area contributed by atoms with Gasteiger partial charge in [-0.1, -0.05) is 18.2 Å². The predicted molar refractivity (Wildman–Crippen MR) is 104 cm³/mol. The standard InChI is InChI=1S/C20H28N6/c1-15-5-3-6-16-18(14-24(2)17(13-21)19(15)16)25-9-11-26(12-10-25)20-22-7-4-8-23-20/h3-8,17-18H,9-14,21H2,1-2H3. The third-order valence-corrected chi connectivity index (χ3v) is 5.86. The van der Waals surface area contributed by atoms with Gasteiger partial charge >= 0.3 is 0 Å². The van der Waals surface area contributed by atoms with Gasteiger partial charge in [-0.2, -0.15) is 0 Å². The lowest BCUT2D eigenvalue weighted by Gasteiger charge is -2.46. The van der Waals surface area contributed by atoms with Gasteiger partial charge in [0.25, 0.3) is 0 Å². The summed E-state index contributed by atoms with van der Waals surface area (Å²) in [6.07, 6.45) is 3.63. The molecule has 1 fully saturated rings. The minimum atomic E-state index is 0.321. The van der Waals surface area contributed by atoms with Crippen LogP contribution in [-0.4, -0.2) is 66.1 Å². The number of hydrogen-bond donors (Lipinski definition) is 1. The van der Waals surface area contributed by atoms with E-state index in [2.05, 4.69) is 56.8 Å². The Bertz CT molecular complexity index is 741. The van der Waals surface area contributed by atoms with Gasteiger partial charge in [0.2, 0.25) is 5.95 Å². The topological polar surface area (TPSA) is 61.5 Å². The van der Waals surface area contributed by atoms with E-state index in [1.807, 2.05) is 18.5 Å². The van der Waals surface area contributed by atoms with Crippen molar-refractivity contribution in [1.29, 1.82) is 0 Å². The zero-order valence-electron chi connectivity index (χ0n) is 15.7. The molecule has 2 N–H and O–H groups in total. The SMILES string of the molecule is Cc1cccc2c1C(CN)N(C)CC2N1CCN(c2ncccn2)CC1. The van der Waals surface area contributed by atoms with Crippen molar-refractivity contribution in [2.45, 2.75) is 19.0 Å². The zero-order chi connectivity index (χ0) is 18.1. The Balaban J connectivity index is 1.55. The Hall–Kier alpha value is -2.02. The first-order valence-corrected chi connectivity index (χ1v) is 9.44. The molecule has 0 aliphatic carbocycles. The molecule has 2 aliphatic rings. The maximum atomic E-state index is 6.11. The van der Waals surface area contributed by atoms with E-state index < -0.39 is 0 Å². The number of nitrogens with zero attached hydrogens (tertiary/aromatic N) is 5. The molecule has 1 aromatic carbocycles. The van der Waals surface area contributed by atoms with Crippen LogP contribution in [0, 0.1) is 6.92 Å². The lowest BCUT2D eigenvalue weighted by Crippen LogP contribution is -2.52. The fraction of sp³-hybridized carbons (Fsp3) is 0.500. The van der Waals surface area contributed by atoms with Crippen LogP contribution in [-0.2, 0) is 0 Å². The minimum absolute atomic E-state index is 0.321. The number of piperazine rings is 1. The summed E-state index contributed by atoms with van der Waals surface area (Å²) in [4.78, 5) is 16.1. The molecule has 0 saturated carbocycles. The summed E-state index contributed by atoms with van der Waals surface area (Å²) in [7, 11) is 2.20. The van der Waals surface area contributed by atoms with E-state index in [9.17, 15) is 0 Å². The Labute approximate surface area is 155 Å². The number of aromatic nitrogens is 2. The van der Waals surface area contributed by atoms with Crippen LogP contribution in [0.4, 0.5) is 5.95 Å². The van der Waals surface area contributed by atoms with Gasteiger partial charge < -0.3 is 10.6 Å². The van der Waals surface area contributed by atoms with Gasteiger partial charge in [-0.15, -0.1) is 0 Å². The van der Waals surface area contributed by atoms with Crippen LogP contribution in [0.5, 0.6) is 0 Å². The number of benzene rings is 1. The zero-order valence-corrected chi connectivity index (χ0v) is 15.7. The van der Waals surface area contributed by atoms with E-state index in [-0.39, 0.29) is 0 Å². The second-order valence-electron chi connectivity index (χ2n) is 7.36. The van der Waals surface area contributed by atoms with Gasteiger partial charge in [-0.25, -0.2) is 9.97 Å². The second kappa shape index (κ2) is 7.31. The first-order chi connectivity index (χ1) is 12.7. The highest BCUT2D eigenvalue weighted by atomic mass is 15.3. The Morgan fingerprint density at radius 1 is 1.08 bits per heavy atom. The van der Waals surface area contributed by atoms with Crippen molar-refractivity contribution in [2.24, 2.45) is 5.73 Å². The van der Waals surface area contributed by atoms with Gasteiger partial charge in [-0.05, 0) is 36.7 Å². The summed E-state index contributed by atoms with van der Waals surface area (Å²) >= 11 is 0. The van der Waals surface area contributed by atoms with E-state index in [0.29, 0.717) is 18.6 Å². The van der Waals surface area contributed by atoms with Crippen LogP contribution < -0.4 is 10.6 Å².